The molecule has 1 aliphatic rings. The highest BCUT2D eigenvalue weighted by atomic mass is 16.7. The van der Waals surface area contributed by atoms with Crippen molar-refractivity contribution in [1.82, 2.24) is 4.98 Å². The van der Waals surface area contributed by atoms with Crippen molar-refractivity contribution in [2.75, 3.05) is 5.32 Å². The summed E-state index contributed by atoms with van der Waals surface area (Å²) < 4.78 is 12.8. The van der Waals surface area contributed by atoms with E-state index in [2.05, 4.69) is 112 Å². The van der Waals surface area contributed by atoms with Gasteiger partial charge < -0.3 is 14.6 Å². The number of nitrogens with one attached hydrogen (secondary N) is 1. The maximum atomic E-state index is 6.41. The summed E-state index contributed by atoms with van der Waals surface area (Å²) >= 11 is 0. The molecule has 0 spiro atoms. The predicted octanol–water partition coefficient (Wildman–Crippen LogP) is 6.43. The number of pyridine rings is 1. The van der Waals surface area contributed by atoms with Gasteiger partial charge in [-0.2, -0.15) is 0 Å². The first-order valence-electron chi connectivity index (χ1n) is 12.7. The van der Waals surface area contributed by atoms with Gasteiger partial charge >= 0.3 is 7.12 Å². The molecule has 0 bridgehead atoms. The standard InChI is InChI=1S/C32H33BN2O2/c1-6-27-28(33-36-30(2,3)31(4,5)37-33)22-23-34-29(27)35-32(24-16-10-7-11-17-24,25-18-12-8-13-19-25)26-20-14-9-15-21-26/h6-23H,1H2,2-5H3,(H,34,35). The van der Waals surface area contributed by atoms with E-state index >= 15 is 0 Å². The first-order valence-corrected chi connectivity index (χ1v) is 12.7. The van der Waals surface area contributed by atoms with Crippen LogP contribution in [0.1, 0.15) is 49.9 Å². The molecule has 1 saturated heterocycles. The van der Waals surface area contributed by atoms with Crippen molar-refractivity contribution in [3.63, 3.8) is 0 Å². The first kappa shape index (κ1) is 25.0. The molecule has 1 N–H and O–H groups in total. The second-order valence-corrected chi connectivity index (χ2v) is 10.4. The largest absolute Gasteiger partial charge is 0.495 e. The average molecular weight is 488 g/mol. The van der Waals surface area contributed by atoms with Crippen molar-refractivity contribution < 1.29 is 9.31 Å². The van der Waals surface area contributed by atoms with Crippen molar-refractivity contribution >= 4 is 24.5 Å². The fourth-order valence-corrected chi connectivity index (χ4v) is 4.94. The van der Waals surface area contributed by atoms with E-state index in [1.54, 1.807) is 6.20 Å². The third-order valence-electron chi connectivity index (χ3n) is 7.66. The number of hydrogen-bond acceptors (Lipinski definition) is 4. The molecule has 37 heavy (non-hydrogen) atoms. The number of aromatic nitrogens is 1. The molecule has 0 unspecified atom stereocenters. The summed E-state index contributed by atoms with van der Waals surface area (Å²) in [5.41, 5.74) is 3.45. The van der Waals surface area contributed by atoms with Crippen LogP contribution in [0, 0.1) is 0 Å². The van der Waals surface area contributed by atoms with Gasteiger partial charge in [0.05, 0.1) is 11.2 Å². The predicted molar refractivity (Wildman–Crippen MR) is 153 cm³/mol. The van der Waals surface area contributed by atoms with Gasteiger partial charge in [0.2, 0.25) is 0 Å². The fraction of sp³-hybridized carbons (Fsp3) is 0.219. The maximum absolute atomic E-state index is 6.41. The summed E-state index contributed by atoms with van der Waals surface area (Å²) in [6.45, 7) is 12.4. The van der Waals surface area contributed by atoms with Gasteiger partial charge in [0, 0.05) is 11.8 Å². The van der Waals surface area contributed by atoms with Gasteiger partial charge in [0.25, 0.3) is 0 Å². The number of nitrogens with zero attached hydrogens (tertiary/aromatic N) is 1. The topological polar surface area (TPSA) is 43.4 Å². The molecule has 1 aromatic heterocycles. The lowest BCUT2D eigenvalue weighted by Gasteiger charge is -2.38. The Kier molecular flexibility index (Phi) is 6.53. The molecule has 3 aromatic carbocycles. The molecule has 0 radical (unpaired) electrons. The third kappa shape index (κ3) is 4.39. The van der Waals surface area contributed by atoms with Crippen molar-refractivity contribution in [3.05, 3.63) is 132 Å². The molecular formula is C32H33BN2O2. The summed E-state index contributed by atoms with van der Waals surface area (Å²) in [4.78, 5) is 4.82. The number of benzene rings is 3. The van der Waals surface area contributed by atoms with E-state index < -0.39 is 23.9 Å². The molecule has 0 aliphatic carbocycles. The number of anilines is 1. The molecule has 0 saturated carbocycles. The minimum absolute atomic E-state index is 0.450. The van der Waals surface area contributed by atoms with E-state index in [4.69, 9.17) is 14.3 Å². The van der Waals surface area contributed by atoms with Crippen molar-refractivity contribution in [1.29, 1.82) is 0 Å². The Morgan fingerprint density at radius 3 is 1.57 bits per heavy atom. The van der Waals surface area contributed by atoms with Crippen LogP contribution in [-0.2, 0) is 14.8 Å². The molecule has 0 atom stereocenters. The summed E-state index contributed by atoms with van der Waals surface area (Å²) in [5, 5.41) is 3.87. The van der Waals surface area contributed by atoms with Crippen LogP contribution in [0.15, 0.2) is 110 Å². The van der Waals surface area contributed by atoms with Crippen molar-refractivity contribution in [2.45, 2.75) is 44.4 Å². The van der Waals surface area contributed by atoms with Gasteiger partial charge in [0.1, 0.15) is 11.4 Å². The van der Waals surface area contributed by atoms with E-state index in [-0.39, 0.29) is 0 Å². The molecule has 5 rings (SSSR count). The first-order chi connectivity index (χ1) is 17.8. The molecule has 1 aliphatic heterocycles. The van der Waals surface area contributed by atoms with Crippen LogP contribution in [0.3, 0.4) is 0 Å². The Morgan fingerprint density at radius 1 is 0.730 bits per heavy atom. The lowest BCUT2D eigenvalue weighted by atomic mass is 9.75. The zero-order valence-electron chi connectivity index (χ0n) is 21.9. The summed E-state index contributed by atoms with van der Waals surface area (Å²) in [5.74, 6) is 0.707. The van der Waals surface area contributed by atoms with Gasteiger partial charge in [-0.1, -0.05) is 104 Å². The second-order valence-electron chi connectivity index (χ2n) is 10.4. The van der Waals surface area contributed by atoms with Crippen molar-refractivity contribution in [3.8, 4) is 0 Å². The van der Waals surface area contributed by atoms with Gasteiger partial charge in [-0.05, 0) is 55.9 Å². The summed E-state index contributed by atoms with van der Waals surface area (Å²) in [6, 6.07) is 33.4. The van der Waals surface area contributed by atoms with Gasteiger partial charge in [-0.15, -0.1) is 0 Å². The highest BCUT2D eigenvalue weighted by Gasteiger charge is 2.52. The van der Waals surface area contributed by atoms with E-state index in [9.17, 15) is 0 Å². The molecular weight excluding hydrogens is 455 g/mol. The normalized spacial score (nSPS) is 16.4. The van der Waals surface area contributed by atoms with Crippen LogP contribution < -0.4 is 10.8 Å². The Bertz CT molecular complexity index is 1260. The molecule has 4 aromatic rings. The highest BCUT2D eigenvalue weighted by Crippen LogP contribution is 2.41. The maximum Gasteiger partial charge on any atom is 0.495 e. The van der Waals surface area contributed by atoms with Crippen LogP contribution in [0.5, 0.6) is 0 Å². The second kappa shape index (κ2) is 9.66. The van der Waals surface area contributed by atoms with Gasteiger partial charge in [-0.25, -0.2) is 4.98 Å². The Balaban J connectivity index is 1.71. The Hall–Kier alpha value is -3.67. The van der Waals surface area contributed by atoms with Crippen LogP contribution in [0.4, 0.5) is 5.82 Å². The summed E-state index contributed by atoms with van der Waals surface area (Å²) in [7, 11) is -0.527. The van der Waals surface area contributed by atoms with Crippen LogP contribution in [-0.4, -0.2) is 23.3 Å². The quantitative estimate of drug-likeness (QED) is 0.241. The number of hydrogen-bond donors (Lipinski definition) is 1. The highest BCUT2D eigenvalue weighted by molar-refractivity contribution is 6.63. The van der Waals surface area contributed by atoms with Gasteiger partial charge in [0.15, 0.2) is 0 Å². The summed E-state index contributed by atoms with van der Waals surface area (Å²) in [6.07, 6.45) is 3.64. The minimum Gasteiger partial charge on any atom is -0.399 e. The SMILES string of the molecule is C=Cc1c(B2OC(C)(C)C(C)(C)O2)ccnc1NC(c1ccccc1)(c1ccccc1)c1ccccc1. The van der Waals surface area contributed by atoms with Gasteiger partial charge in [-0.3, -0.25) is 0 Å². The molecule has 5 heteroatoms. The molecule has 2 heterocycles. The monoisotopic (exact) mass is 488 g/mol. The Labute approximate surface area is 220 Å². The molecule has 1 fully saturated rings. The van der Waals surface area contributed by atoms with Crippen molar-refractivity contribution in [2.24, 2.45) is 0 Å². The van der Waals surface area contributed by atoms with Crippen LogP contribution in [0.25, 0.3) is 6.08 Å². The minimum atomic E-state index is -0.705. The fourth-order valence-electron chi connectivity index (χ4n) is 4.94. The zero-order valence-corrected chi connectivity index (χ0v) is 21.9. The smallest absolute Gasteiger partial charge is 0.399 e. The van der Waals surface area contributed by atoms with E-state index in [0.717, 1.165) is 27.7 Å². The average Bonchev–Trinajstić information content (AvgIpc) is 3.14. The van der Waals surface area contributed by atoms with Crippen LogP contribution in [0.2, 0.25) is 0 Å². The molecule has 4 nitrogen and oxygen atoms in total. The van der Waals surface area contributed by atoms with E-state index in [1.165, 1.54) is 0 Å². The lowest BCUT2D eigenvalue weighted by Crippen LogP contribution is -2.41. The third-order valence-corrected chi connectivity index (χ3v) is 7.66. The van der Waals surface area contributed by atoms with E-state index in [1.807, 2.05) is 30.3 Å². The van der Waals surface area contributed by atoms with Crippen LogP contribution >= 0.6 is 0 Å². The molecule has 186 valence electrons. The lowest BCUT2D eigenvalue weighted by molar-refractivity contribution is 0.00578. The Morgan fingerprint density at radius 2 is 1.16 bits per heavy atom. The number of rotatable bonds is 7. The zero-order chi connectivity index (χ0) is 26.1. The molecule has 0 amide bonds. The van der Waals surface area contributed by atoms with E-state index in [0.29, 0.717) is 5.82 Å².